The number of anilines is 2. The maximum Gasteiger partial charge on any atom is 0.258 e. The fourth-order valence-electron chi connectivity index (χ4n) is 4.10. The van der Waals surface area contributed by atoms with E-state index in [1.54, 1.807) is 24.4 Å². The lowest BCUT2D eigenvalue weighted by Gasteiger charge is -2.28. The number of amides is 2. The summed E-state index contributed by atoms with van der Waals surface area (Å²) in [5.74, 6) is -0.158. The summed E-state index contributed by atoms with van der Waals surface area (Å²) in [6.07, 6.45) is 6.80. The SMILES string of the molecule is O=C(Nc1ccc(N2CCCCC2)cn1)[C@@H]1CCCN1C(=O)c1ccccc1O. The Morgan fingerprint density at radius 3 is 2.52 bits per heavy atom. The van der Waals surface area contributed by atoms with Crippen molar-refractivity contribution in [2.45, 2.75) is 38.1 Å². The second-order valence-electron chi connectivity index (χ2n) is 7.61. The topological polar surface area (TPSA) is 85.8 Å². The zero-order chi connectivity index (χ0) is 20.2. The van der Waals surface area contributed by atoms with Crippen molar-refractivity contribution < 1.29 is 14.7 Å². The molecule has 7 nitrogen and oxygen atoms in total. The van der Waals surface area contributed by atoms with E-state index in [4.69, 9.17) is 0 Å². The minimum atomic E-state index is -0.564. The third-order valence-corrected chi connectivity index (χ3v) is 5.67. The molecule has 1 atom stereocenters. The highest BCUT2D eigenvalue weighted by Gasteiger charge is 2.35. The van der Waals surface area contributed by atoms with E-state index >= 15 is 0 Å². The monoisotopic (exact) mass is 394 g/mol. The maximum atomic E-state index is 12.8. The molecule has 2 aliphatic heterocycles. The molecule has 0 aliphatic carbocycles. The first-order valence-corrected chi connectivity index (χ1v) is 10.2. The van der Waals surface area contributed by atoms with Gasteiger partial charge in [0, 0.05) is 19.6 Å². The van der Waals surface area contributed by atoms with Crippen LogP contribution in [-0.4, -0.2) is 52.5 Å². The summed E-state index contributed by atoms with van der Waals surface area (Å²) in [7, 11) is 0. The van der Waals surface area contributed by atoms with Crippen LogP contribution < -0.4 is 10.2 Å². The number of rotatable bonds is 4. The van der Waals surface area contributed by atoms with Gasteiger partial charge in [0.1, 0.15) is 17.6 Å². The number of piperidine rings is 1. The number of phenols is 1. The van der Waals surface area contributed by atoms with Crippen molar-refractivity contribution in [3.05, 3.63) is 48.2 Å². The van der Waals surface area contributed by atoms with Gasteiger partial charge in [-0.05, 0) is 56.4 Å². The number of phenolic OH excluding ortho intramolecular Hbond substituents is 1. The normalized spacial score (nSPS) is 19.2. The number of nitrogens with zero attached hydrogens (tertiary/aromatic N) is 3. The Bertz CT molecular complexity index is 878. The predicted molar refractivity (Wildman–Crippen MR) is 111 cm³/mol. The molecular formula is C22H26N4O3. The first kappa shape index (κ1) is 19.2. The molecule has 152 valence electrons. The minimum absolute atomic E-state index is 0.0708. The van der Waals surface area contributed by atoms with Gasteiger partial charge in [-0.2, -0.15) is 0 Å². The van der Waals surface area contributed by atoms with Gasteiger partial charge in [0.05, 0.1) is 17.4 Å². The number of hydrogen-bond donors (Lipinski definition) is 2. The highest BCUT2D eigenvalue weighted by Crippen LogP contribution is 2.25. The van der Waals surface area contributed by atoms with Crippen molar-refractivity contribution in [2.75, 3.05) is 29.9 Å². The summed E-state index contributed by atoms with van der Waals surface area (Å²) in [5, 5.41) is 12.8. The van der Waals surface area contributed by atoms with Gasteiger partial charge in [0.25, 0.3) is 5.91 Å². The first-order chi connectivity index (χ1) is 14.1. The molecule has 7 heteroatoms. The minimum Gasteiger partial charge on any atom is -0.507 e. The molecule has 2 N–H and O–H groups in total. The molecule has 29 heavy (non-hydrogen) atoms. The zero-order valence-electron chi connectivity index (χ0n) is 16.4. The van der Waals surface area contributed by atoms with Gasteiger partial charge in [0.2, 0.25) is 5.91 Å². The molecular weight excluding hydrogens is 368 g/mol. The van der Waals surface area contributed by atoms with Gasteiger partial charge in [-0.25, -0.2) is 4.98 Å². The summed E-state index contributed by atoms with van der Waals surface area (Å²) in [5.41, 5.74) is 1.29. The molecule has 0 saturated carbocycles. The van der Waals surface area contributed by atoms with Gasteiger partial charge < -0.3 is 20.2 Å². The number of likely N-dealkylation sites (tertiary alicyclic amines) is 1. The molecule has 0 unspecified atom stereocenters. The highest BCUT2D eigenvalue weighted by molar-refractivity contribution is 6.02. The second kappa shape index (κ2) is 8.51. The maximum absolute atomic E-state index is 12.8. The standard InChI is InChI=1S/C22H26N4O3/c27-19-9-3-2-7-17(19)22(29)26-14-6-8-18(26)21(28)24-20-11-10-16(15-23-20)25-12-4-1-5-13-25/h2-3,7,9-11,15,18,27H,1,4-6,8,12-14H2,(H,23,24,28)/t18-/m0/s1. The Morgan fingerprint density at radius 2 is 1.79 bits per heavy atom. The van der Waals surface area contributed by atoms with Crippen LogP contribution in [0.5, 0.6) is 5.75 Å². The van der Waals surface area contributed by atoms with Gasteiger partial charge >= 0.3 is 0 Å². The van der Waals surface area contributed by atoms with Crippen LogP contribution in [0.4, 0.5) is 11.5 Å². The smallest absolute Gasteiger partial charge is 0.258 e. The Hall–Kier alpha value is -3.09. The van der Waals surface area contributed by atoms with Gasteiger partial charge in [-0.3, -0.25) is 9.59 Å². The highest BCUT2D eigenvalue weighted by atomic mass is 16.3. The lowest BCUT2D eigenvalue weighted by atomic mass is 10.1. The Labute approximate surface area is 170 Å². The molecule has 0 spiro atoms. The van der Waals surface area contributed by atoms with Crippen molar-refractivity contribution in [3.8, 4) is 5.75 Å². The van der Waals surface area contributed by atoms with E-state index in [0.717, 1.165) is 25.2 Å². The lowest BCUT2D eigenvalue weighted by Crippen LogP contribution is -2.43. The van der Waals surface area contributed by atoms with Crippen LogP contribution >= 0.6 is 0 Å². The van der Waals surface area contributed by atoms with Crippen LogP contribution in [-0.2, 0) is 4.79 Å². The largest absolute Gasteiger partial charge is 0.507 e. The van der Waals surface area contributed by atoms with Crippen molar-refractivity contribution in [3.63, 3.8) is 0 Å². The molecule has 0 radical (unpaired) electrons. The zero-order valence-corrected chi connectivity index (χ0v) is 16.4. The van der Waals surface area contributed by atoms with Gasteiger partial charge in [0.15, 0.2) is 0 Å². The van der Waals surface area contributed by atoms with E-state index in [1.807, 2.05) is 12.1 Å². The van der Waals surface area contributed by atoms with E-state index < -0.39 is 6.04 Å². The molecule has 2 amide bonds. The summed E-state index contributed by atoms with van der Waals surface area (Å²) in [4.78, 5) is 33.9. The number of nitrogens with one attached hydrogen (secondary N) is 1. The molecule has 1 aromatic carbocycles. The lowest BCUT2D eigenvalue weighted by molar-refractivity contribution is -0.119. The van der Waals surface area contributed by atoms with Gasteiger partial charge in [-0.1, -0.05) is 12.1 Å². The molecule has 3 heterocycles. The van der Waals surface area contributed by atoms with Crippen LogP contribution in [0.2, 0.25) is 0 Å². The van der Waals surface area contributed by atoms with Crippen LogP contribution in [0, 0.1) is 0 Å². The third kappa shape index (κ3) is 4.18. The van der Waals surface area contributed by atoms with E-state index in [-0.39, 0.29) is 23.1 Å². The Kier molecular flexibility index (Phi) is 5.64. The predicted octanol–water partition coefficient (Wildman–Crippen LogP) is 3.02. The summed E-state index contributed by atoms with van der Waals surface area (Å²) in [6, 6.07) is 9.65. The molecule has 4 rings (SSSR count). The summed E-state index contributed by atoms with van der Waals surface area (Å²) in [6.45, 7) is 2.57. The number of para-hydroxylation sites is 1. The summed E-state index contributed by atoms with van der Waals surface area (Å²) < 4.78 is 0. The Morgan fingerprint density at radius 1 is 1.00 bits per heavy atom. The average Bonchev–Trinajstić information content (AvgIpc) is 3.25. The molecule has 1 aromatic heterocycles. The van der Waals surface area contributed by atoms with Crippen molar-refractivity contribution >= 4 is 23.3 Å². The molecule has 2 aliphatic rings. The van der Waals surface area contributed by atoms with Crippen molar-refractivity contribution in [1.29, 1.82) is 0 Å². The second-order valence-corrected chi connectivity index (χ2v) is 7.61. The number of benzene rings is 1. The Balaban J connectivity index is 1.42. The number of carbonyl (C=O) groups excluding carboxylic acids is 2. The fraction of sp³-hybridized carbons (Fsp3) is 0.409. The number of pyridine rings is 1. The van der Waals surface area contributed by atoms with Crippen LogP contribution in [0.15, 0.2) is 42.6 Å². The van der Waals surface area contributed by atoms with Crippen molar-refractivity contribution in [2.24, 2.45) is 0 Å². The molecule has 2 fully saturated rings. The molecule has 0 bridgehead atoms. The first-order valence-electron chi connectivity index (χ1n) is 10.2. The number of aromatic nitrogens is 1. The number of carbonyl (C=O) groups is 2. The van der Waals surface area contributed by atoms with Crippen LogP contribution in [0.3, 0.4) is 0 Å². The van der Waals surface area contributed by atoms with E-state index in [1.165, 1.54) is 30.2 Å². The van der Waals surface area contributed by atoms with Crippen molar-refractivity contribution in [1.82, 2.24) is 9.88 Å². The quantitative estimate of drug-likeness (QED) is 0.833. The van der Waals surface area contributed by atoms with E-state index in [2.05, 4.69) is 15.2 Å². The number of aromatic hydroxyl groups is 1. The number of hydrogen-bond acceptors (Lipinski definition) is 5. The van der Waals surface area contributed by atoms with Crippen LogP contribution in [0.1, 0.15) is 42.5 Å². The van der Waals surface area contributed by atoms with Crippen LogP contribution in [0.25, 0.3) is 0 Å². The summed E-state index contributed by atoms with van der Waals surface area (Å²) >= 11 is 0. The average molecular weight is 394 g/mol. The molecule has 2 aromatic rings. The molecule has 2 saturated heterocycles. The fourth-order valence-corrected chi connectivity index (χ4v) is 4.10. The third-order valence-electron chi connectivity index (χ3n) is 5.67. The van der Waals surface area contributed by atoms with E-state index in [0.29, 0.717) is 18.8 Å². The van der Waals surface area contributed by atoms with Gasteiger partial charge in [-0.15, -0.1) is 0 Å². The van der Waals surface area contributed by atoms with E-state index in [9.17, 15) is 14.7 Å².